The van der Waals surface area contributed by atoms with Crippen LogP contribution in [0.15, 0.2) is 54.6 Å². The zero-order valence-electron chi connectivity index (χ0n) is 28.8. The number of carbonyl (C=O) groups is 4. The zero-order chi connectivity index (χ0) is 34.7. The molecule has 0 heterocycles. The number of esters is 1. The summed E-state index contributed by atoms with van der Waals surface area (Å²) in [5.74, 6) is 1.28. The summed E-state index contributed by atoms with van der Waals surface area (Å²) in [7, 11) is 0. The average Bonchev–Trinajstić information content (AvgIpc) is 2.95. The molecule has 0 aromatic heterocycles. The van der Waals surface area contributed by atoms with Gasteiger partial charge in [0.2, 0.25) is 11.8 Å². The largest absolute Gasteiger partial charge is 0.458 e. The molecule has 3 amide bonds. The molecule has 0 aliphatic rings. The number of carbonyl (C=O) groups excluding carboxylic acids is 4. The van der Waals surface area contributed by atoms with Gasteiger partial charge in [-0.2, -0.15) is 0 Å². The minimum atomic E-state index is -1.15. The number of hydrogen-bond acceptors (Lipinski definition) is 6. The molecule has 3 unspecified atom stereocenters. The monoisotopic (exact) mass is 633 g/mol. The van der Waals surface area contributed by atoms with E-state index in [0.717, 1.165) is 12.0 Å². The van der Waals surface area contributed by atoms with E-state index in [9.17, 15) is 19.2 Å². The van der Waals surface area contributed by atoms with E-state index in [1.165, 1.54) is 4.90 Å². The molecule has 250 valence electrons. The molecule has 0 saturated heterocycles. The van der Waals surface area contributed by atoms with E-state index < -0.39 is 59.7 Å². The first-order chi connectivity index (χ1) is 21.4. The summed E-state index contributed by atoms with van der Waals surface area (Å²) in [5.41, 5.74) is 0.390. The van der Waals surface area contributed by atoms with Crippen molar-refractivity contribution >= 4 is 23.9 Å². The van der Waals surface area contributed by atoms with Crippen LogP contribution in [0.2, 0.25) is 0 Å². The number of ether oxygens (including phenoxy) is 2. The van der Waals surface area contributed by atoms with Crippen molar-refractivity contribution in [1.29, 1.82) is 0 Å². The second kappa shape index (κ2) is 16.8. The SMILES string of the molecule is C#Cc1ccc(C(C(=O)NC(Cc2ccccc2)C(=O)OC(C)(C)C)N(C(=O)CNC(=O)OC(C)(C)C)C(C)CCC(C)C)cc1. The minimum absolute atomic E-state index is 0.182. The van der Waals surface area contributed by atoms with Crippen molar-refractivity contribution in [1.82, 2.24) is 15.5 Å². The first-order valence-corrected chi connectivity index (χ1v) is 15.8. The number of nitrogens with zero attached hydrogens (tertiary/aromatic N) is 1. The van der Waals surface area contributed by atoms with Crippen molar-refractivity contribution < 1.29 is 28.7 Å². The van der Waals surface area contributed by atoms with Gasteiger partial charge in [-0.05, 0) is 90.5 Å². The third-order valence-corrected chi connectivity index (χ3v) is 6.92. The van der Waals surface area contributed by atoms with Crippen molar-refractivity contribution in [3.05, 3.63) is 71.3 Å². The lowest BCUT2D eigenvalue weighted by molar-refractivity contribution is -0.159. The van der Waals surface area contributed by atoms with E-state index in [0.29, 0.717) is 23.5 Å². The predicted molar refractivity (Wildman–Crippen MR) is 180 cm³/mol. The van der Waals surface area contributed by atoms with E-state index in [-0.39, 0.29) is 6.42 Å². The lowest BCUT2D eigenvalue weighted by Gasteiger charge is -2.37. The van der Waals surface area contributed by atoms with Crippen LogP contribution in [0.5, 0.6) is 0 Å². The Morgan fingerprint density at radius 1 is 0.848 bits per heavy atom. The molecule has 2 aromatic carbocycles. The Balaban J connectivity index is 2.58. The average molecular weight is 634 g/mol. The maximum absolute atomic E-state index is 14.4. The molecule has 9 nitrogen and oxygen atoms in total. The molecule has 0 saturated carbocycles. The number of terminal acetylenes is 1. The van der Waals surface area contributed by atoms with Crippen LogP contribution in [-0.2, 0) is 30.3 Å². The molecule has 46 heavy (non-hydrogen) atoms. The first kappa shape index (κ1) is 37.9. The molecule has 3 atom stereocenters. The molecule has 2 rings (SSSR count). The predicted octanol–water partition coefficient (Wildman–Crippen LogP) is 5.96. The molecular formula is C37H51N3O6. The molecule has 0 fully saturated rings. The standard InChI is InChI=1S/C37H51N3O6/c1-11-27-19-21-29(22-20-27)32(33(42)39-30(34(43)45-36(5,6)7)23-28-15-13-12-14-16-28)40(26(4)18-17-25(2)3)31(41)24-38-35(44)46-37(8,9)10/h1,12-16,19-22,25-26,30,32H,17-18,23-24H2,2-10H3,(H,38,44)(H,39,42). The normalized spacial score (nSPS) is 13.5. The third-order valence-electron chi connectivity index (χ3n) is 6.92. The van der Waals surface area contributed by atoms with Gasteiger partial charge in [0.15, 0.2) is 0 Å². The Kier molecular flexibility index (Phi) is 13.9. The number of amides is 3. The number of alkyl carbamates (subject to hydrolysis) is 1. The molecule has 9 heteroatoms. The number of nitrogens with one attached hydrogen (secondary N) is 2. The molecule has 2 aromatic rings. The fourth-order valence-electron chi connectivity index (χ4n) is 4.78. The summed E-state index contributed by atoms with van der Waals surface area (Å²) >= 11 is 0. The van der Waals surface area contributed by atoms with E-state index in [1.807, 2.05) is 37.3 Å². The van der Waals surface area contributed by atoms with Gasteiger partial charge in [-0.1, -0.05) is 62.2 Å². The van der Waals surface area contributed by atoms with Gasteiger partial charge in [0.25, 0.3) is 0 Å². The van der Waals surface area contributed by atoms with E-state index in [1.54, 1.807) is 65.8 Å². The lowest BCUT2D eigenvalue weighted by atomic mass is 9.97. The fourth-order valence-corrected chi connectivity index (χ4v) is 4.78. The maximum Gasteiger partial charge on any atom is 0.408 e. The second-order valence-electron chi connectivity index (χ2n) is 13.9. The molecule has 0 aliphatic heterocycles. The minimum Gasteiger partial charge on any atom is -0.458 e. The smallest absolute Gasteiger partial charge is 0.408 e. The summed E-state index contributed by atoms with van der Waals surface area (Å²) in [4.78, 5) is 55.8. The van der Waals surface area contributed by atoms with Crippen molar-refractivity contribution in [3.8, 4) is 12.3 Å². The van der Waals surface area contributed by atoms with E-state index in [2.05, 4.69) is 30.4 Å². The van der Waals surface area contributed by atoms with Crippen molar-refractivity contribution in [2.75, 3.05) is 6.54 Å². The summed E-state index contributed by atoms with van der Waals surface area (Å²) in [6.45, 7) is 16.1. The van der Waals surface area contributed by atoms with Gasteiger partial charge in [0.1, 0.15) is 29.8 Å². The van der Waals surface area contributed by atoms with Crippen LogP contribution in [0.1, 0.15) is 97.9 Å². The van der Waals surface area contributed by atoms with Crippen LogP contribution in [0.4, 0.5) is 4.79 Å². The Hall–Kier alpha value is -4.32. The van der Waals surface area contributed by atoms with Gasteiger partial charge in [0.05, 0.1) is 0 Å². The molecule has 0 bridgehead atoms. The van der Waals surface area contributed by atoms with Gasteiger partial charge in [0, 0.05) is 18.0 Å². The lowest BCUT2D eigenvalue weighted by Crippen LogP contribution is -2.54. The van der Waals surface area contributed by atoms with Crippen LogP contribution in [0.3, 0.4) is 0 Å². The molecular weight excluding hydrogens is 582 g/mol. The van der Waals surface area contributed by atoms with Crippen LogP contribution in [0, 0.1) is 18.3 Å². The highest BCUT2D eigenvalue weighted by Gasteiger charge is 2.37. The van der Waals surface area contributed by atoms with Crippen molar-refractivity contribution in [2.45, 2.75) is 111 Å². The summed E-state index contributed by atoms with van der Waals surface area (Å²) < 4.78 is 11.0. The van der Waals surface area contributed by atoms with E-state index >= 15 is 0 Å². The van der Waals surface area contributed by atoms with Crippen LogP contribution in [-0.4, -0.2) is 58.6 Å². The van der Waals surface area contributed by atoms with Crippen LogP contribution >= 0.6 is 0 Å². The highest BCUT2D eigenvalue weighted by molar-refractivity contribution is 5.93. The highest BCUT2D eigenvalue weighted by Crippen LogP contribution is 2.27. The van der Waals surface area contributed by atoms with Crippen LogP contribution in [0.25, 0.3) is 0 Å². The van der Waals surface area contributed by atoms with Crippen molar-refractivity contribution in [3.63, 3.8) is 0 Å². The number of rotatable bonds is 13. The first-order valence-electron chi connectivity index (χ1n) is 15.8. The van der Waals surface area contributed by atoms with Crippen molar-refractivity contribution in [2.24, 2.45) is 5.92 Å². The van der Waals surface area contributed by atoms with E-state index in [4.69, 9.17) is 15.9 Å². The van der Waals surface area contributed by atoms with Crippen LogP contribution < -0.4 is 10.6 Å². The summed E-state index contributed by atoms with van der Waals surface area (Å²) in [6.07, 6.45) is 6.43. The highest BCUT2D eigenvalue weighted by atomic mass is 16.6. The number of benzene rings is 2. The van der Waals surface area contributed by atoms with Gasteiger partial charge in [-0.3, -0.25) is 9.59 Å². The number of hydrogen-bond donors (Lipinski definition) is 2. The second-order valence-corrected chi connectivity index (χ2v) is 13.9. The zero-order valence-corrected chi connectivity index (χ0v) is 28.8. The summed E-state index contributed by atoms with van der Waals surface area (Å²) in [5, 5.41) is 5.44. The molecule has 0 radical (unpaired) electrons. The van der Waals surface area contributed by atoms with Gasteiger partial charge in [-0.15, -0.1) is 6.42 Å². The molecule has 0 aliphatic carbocycles. The summed E-state index contributed by atoms with van der Waals surface area (Å²) in [6, 6.07) is 13.5. The fraction of sp³-hybridized carbons (Fsp3) is 0.514. The maximum atomic E-state index is 14.4. The van der Waals surface area contributed by atoms with Gasteiger partial charge >= 0.3 is 12.1 Å². The molecule has 2 N–H and O–H groups in total. The Bertz CT molecular complexity index is 1350. The molecule has 0 spiro atoms. The Morgan fingerprint density at radius 2 is 1.43 bits per heavy atom. The van der Waals surface area contributed by atoms with Gasteiger partial charge < -0.3 is 25.0 Å². The third kappa shape index (κ3) is 13.0. The Morgan fingerprint density at radius 3 is 1.96 bits per heavy atom. The Labute approximate surface area is 274 Å². The van der Waals surface area contributed by atoms with Gasteiger partial charge in [-0.25, -0.2) is 9.59 Å². The quantitative estimate of drug-likeness (QED) is 0.208. The topological polar surface area (TPSA) is 114 Å².